The molecule has 10 nitrogen and oxygen atoms in total. The third-order valence-corrected chi connectivity index (χ3v) is 4.83. The van der Waals surface area contributed by atoms with Gasteiger partial charge in [0.05, 0.1) is 35.9 Å². The number of carbonyl (C=O) groups is 3. The van der Waals surface area contributed by atoms with Gasteiger partial charge in [-0.1, -0.05) is 6.42 Å². The Balaban J connectivity index is 3.36. The monoisotopic (exact) mass is 438 g/mol. The fourth-order valence-electron chi connectivity index (χ4n) is 3.10. The number of hydrogen-bond donors (Lipinski definition) is 0. The van der Waals surface area contributed by atoms with E-state index in [2.05, 4.69) is 4.98 Å². The van der Waals surface area contributed by atoms with Crippen LogP contribution in [-0.4, -0.2) is 47.6 Å². The van der Waals surface area contributed by atoms with Gasteiger partial charge in [0.15, 0.2) is 0 Å². The summed E-state index contributed by atoms with van der Waals surface area (Å²) in [5.74, 6) is -2.10. The van der Waals surface area contributed by atoms with Gasteiger partial charge in [0.1, 0.15) is 6.20 Å². The number of carbonyl (C=O) groups excluding carboxylic acids is 3. The van der Waals surface area contributed by atoms with E-state index in [0.717, 1.165) is 12.3 Å². The Hall–Kier alpha value is -3.04. The maximum absolute atomic E-state index is 13.0. The van der Waals surface area contributed by atoms with E-state index >= 15 is 0 Å². The molecular formula is C21H30N2O8. The molecule has 0 fully saturated rings. The molecule has 10 heteroatoms. The summed E-state index contributed by atoms with van der Waals surface area (Å²) in [6.45, 7) is 8.60. The Bertz CT molecular complexity index is 771. The van der Waals surface area contributed by atoms with Crippen LogP contribution in [0, 0.1) is 15.5 Å². The fraction of sp³-hybridized carbons (Fsp3) is 0.619. The van der Waals surface area contributed by atoms with Gasteiger partial charge in [-0.15, -0.1) is 0 Å². The molecule has 0 aliphatic carbocycles. The molecule has 0 atom stereocenters. The second-order valence-electron chi connectivity index (χ2n) is 7.46. The van der Waals surface area contributed by atoms with Crippen LogP contribution in [-0.2, 0) is 34.0 Å². The van der Waals surface area contributed by atoms with Crippen LogP contribution in [0.15, 0.2) is 18.3 Å². The minimum absolute atomic E-state index is 0.0102. The lowest BCUT2D eigenvalue weighted by atomic mass is 9.76. The summed E-state index contributed by atoms with van der Waals surface area (Å²) in [5.41, 5.74) is -3.04. The quantitative estimate of drug-likeness (QED) is 0.158. The Morgan fingerprint density at radius 3 is 1.87 bits per heavy atom. The van der Waals surface area contributed by atoms with E-state index in [1.54, 1.807) is 34.6 Å². The summed E-state index contributed by atoms with van der Waals surface area (Å²) in [5, 5.41) is 11.0. The molecule has 0 aromatic carbocycles. The molecule has 0 aliphatic rings. The van der Waals surface area contributed by atoms with E-state index in [1.165, 1.54) is 6.07 Å². The molecule has 1 rings (SSSR count). The van der Waals surface area contributed by atoms with Crippen molar-refractivity contribution in [2.45, 2.75) is 59.3 Å². The first-order valence-corrected chi connectivity index (χ1v) is 10.2. The highest BCUT2D eigenvalue weighted by atomic mass is 16.6. The lowest BCUT2D eigenvalue weighted by Crippen LogP contribution is -2.47. The van der Waals surface area contributed by atoms with E-state index in [9.17, 15) is 24.5 Å². The summed E-state index contributed by atoms with van der Waals surface area (Å²) in [6.07, 6.45) is 1.50. The standard InChI is InChI=1S/C21H30N2O8/c1-6-29-17(24)20(4,5)12-9-13-21(18(25)30-7-2,19(26)31-8-3)16-11-10-15(14-22-16)23(27)28/h10-11,14H,6-9,12-13H2,1-5H3. The van der Waals surface area contributed by atoms with Crippen molar-refractivity contribution >= 4 is 23.6 Å². The predicted molar refractivity (Wildman–Crippen MR) is 110 cm³/mol. The van der Waals surface area contributed by atoms with Crippen LogP contribution in [0.1, 0.15) is 59.6 Å². The zero-order valence-electron chi connectivity index (χ0n) is 18.6. The van der Waals surface area contributed by atoms with Crippen molar-refractivity contribution < 1.29 is 33.5 Å². The Labute approximate surface area is 181 Å². The average Bonchev–Trinajstić information content (AvgIpc) is 2.71. The SMILES string of the molecule is CCOC(=O)C(C)(C)CCCC(C(=O)OCC)(C(=O)OCC)c1ccc([N+](=O)[O-])cn1. The van der Waals surface area contributed by atoms with E-state index < -0.39 is 27.7 Å². The second kappa shape index (κ2) is 11.4. The van der Waals surface area contributed by atoms with Crippen molar-refractivity contribution in [3.8, 4) is 0 Å². The predicted octanol–water partition coefficient (Wildman–Crippen LogP) is 3.11. The van der Waals surface area contributed by atoms with Crippen LogP contribution >= 0.6 is 0 Å². The van der Waals surface area contributed by atoms with Crippen LogP contribution in [0.25, 0.3) is 0 Å². The molecule has 0 amide bonds. The van der Waals surface area contributed by atoms with Gasteiger partial charge in [-0.25, -0.2) is 0 Å². The molecule has 1 aromatic heterocycles. The highest BCUT2D eigenvalue weighted by Crippen LogP contribution is 2.36. The number of esters is 3. The molecule has 0 spiro atoms. The van der Waals surface area contributed by atoms with E-state index in [-0.39, 0.29) is 50.0 Å². The summed E-state index contributed by atoms with van der Waals surface area (Å²) < 4.78 is 15.4. The largest absolute Gasteiger partial charge is 0.466 e. The zero-order chi connectivity index (χ0) is 23.7. The molecule has 31 heavy (non-hydrogen) atoms. The van der Waals surface area contributed by atoms with Crippen molar-refractivity contribution in [3.05, 3.63) is 34.1 Å². The number of nitro groups is 1. The lowest BCUT2D eigenvalue weighted by molar-refractivity contribution is -0.385. The van der Waals surface area contributed by atoms with Gasteiger partial charge in [-0.2, -0.15) is 0 Å². The highest BCUT2D eigenvalue weighted by molar-refractivity contribution is 6.06. The molecule has 1 heterocycles. The molecule has 0 radical (unpaired) electrons. The van der Waals surface area contributed by atoms with Crippen molar-refractivity contribution in [1.82, 2.24) is 4.98 Å². The minimum atomic E-state index is -1.91. The van der Waals surface area contributed by atoms with Crippen LogP contribution in [0.5, 0.6) is 0 Å². The summed E-state index contributed by atoms with van der Waals surface area (Å²) in [4.78, 5) is 52.6. The topological polar surface area (TPSA) is 135 Å². The van der Waals surface area contributed by atoms with Crippen molar-refractivity contribution in [3.63, 3.8) is 0 Å². The van der Waals surface area contributed by atoms with Gasteiger partial charge in [-0.3, -0.25) is 29.5 Å². The third kappa shape index (κ3) is 6.22. The molecule has 1 aromatic rings. The third-order valence-electron chi connectivity index (χ3n) is 4.83. The Morgan fingerprint density at radius 2 is 1.45 bits per heavy atom. The number of aromatic nitrogens is 1. The van der Waals surface area contributed by atoms with E-state index in [4.69, 9.17) is 14.2 Å². The molecular weight excluding hydrogens is 408 g/mol. The second-order valence-corrected chi connectivity index (χ2v) is 7.46. The Morgan fingerprint density at radius 1 is 0.935 bits per heavy atom. The van der Waals surface area contributed by atoms with Gasteiger partial charge in [0.2, 0.25) is 5.41 Å². The summed E-state index contributed by atoms with van der Waals surface area (Å²) >= 11 is 0. The maximum Gasteiger partial charge on any atom is 0.329 e. The average molecular weight is 438 g/mol. The van der Waals surface area contributed by atoms with Gasteiger partial charge < -0.3 is 14.2 Å². The van der Waals surface area contributed by atoms with Crippen molar-refractivity contribution in [2.75, 3.05) is 19.8 Å². The van der Waals surface area contributed by atoms with Crippen LogP contribution < -0.4 is 0 Å². The maximum atomic E-state index is 13.0. The first kappa shape index (κ1) is 26.0. The zero-order valence-corrected chi connectivity index (χ0v) is 18.6. The number of pyridine rings is 1. The fourth-order valence-corrected chi connectivity index (χ4v) is 3.10. The number of nitrogens with zero attached hydrogens (tertiary/aromatic N) is 2. The molecule has 0 saturated heterocycles. The molecule has 0 saturated carbocycles. The molecule has 0 unspecified atom stereocenters. The molecule has 0 N–H and O–H groups in total. The first-order chi connectivity index (χ1) is 14.6. The molecule has 172 valence electrons. The smallest absolute Gasteiger partial charge is 0.329 e. The van der Waals surface area contributed by atoms with E-state index in [1.807, 2.05) is 0 Å². The van der Waals surface area contributed by atoms with Gasteiger partial charge in [-0.05, 0) is 53.5 Å². The van der Waals surface area contributed by atoms with Crippen molar-refractivity contribution in [2.24, 2.45) is 5.41 Å². The minimum Gasteiger partial charge on any atom is -0.466 e. The Kier molecular flexibility index (Phi) is 9.54. The van der Waals surface area contributed by atoms with Gasteiger partial charge in [0.25, 0.3) is 5.69 Å². The summed E-state index contributed by atoms with van der Waals surface area (Å²) in [7, 11) is 0. The summed E-state index contributed by atoms with van der Waals surface area (Å²) in [6, 6.07) is 2.42. The molecule has 0 bridgehead atoms. The van der Waals surface area contributed by atoms with Crippen LogP contribution in [0.3, 0.4) is 0 Å². The lowest BCUT2D eigenvalue weighted by Gasteiger charge is -2.30. The normalized spacial score (nSPS) is 11.5. The van der Waals surface area contributed by atoms with Crippen LogP contribution in [0.2, 0.25) is 0 Å². The number of rotatable bonds is 12. The van der Waals surface area contributed by atoms with Crippen LogP contribution in [0.4, 0.5) is 5.69 Å². The number of hydrogen-bond acceptors (Lipinski definition) is 9. The van der Waals surface area contributed by atoms with Gasteiger partial charge in [0, 0.05) is 6.07 Å². The van der Waals surface area contributed by atoms with Crippen molar-refractivity contribution in [1.29, 1.82) is 0 Å². The highest BCUT2D eigenvalue weighted by Gasteiger charge is 2.52. The first-order valence-electron chi connectivity index (χ1n) is 10.2. The number of ether oxygens (including phenoxy) is 3. The molecule has 0 aliphatic heterocycles. The van der Waals surface area contributed by atoms with E-state index in [0.29, 0.717) is 6.42 Å². The van der Waals surface area contributed by atoms with Gasteiger partial charge >= 0.3 is 17.9 Å².